The molecule has 1 aromatic heterocycles. The summed E-state index contributed by atoms with van der Waals surface area (Å²) in [5.74, 6) is -1.17. The second-order valence-electron chi connectivity index (χ2n) is 6.54. The number of carbonyl (C=O) groups is 1. The maximum absolute atomic E-state index is 12.5. The molecule has 2 N–H and O–H groups in total. The maximum atomic E-state index is 12.5. The van der Waals surface area contributed by atoms with Crippen molar-refractivity contribution in [1.82, 2.24) is 13.9 Å². The number of carboxylic acid groups (broad SMARTS) is 1. The Labute approximate surface area is 138 Å². The van der Waals surface area contributed by atoms with Gasteiger partial charge in [-0.05, 0) is 44.9 Å². The summed E-state index contributed by atoms with van der Waals surface area (Å²) in [6, 6.07) is 3.19. The van der Waals surface area contributed by atoms with E-state index < -0.39 is 33.3 Å². The van der Waals surface area contributed by atoms with Crippen LogP contribution in [0.15, 0.2) is 27.9 Å². The van der Waals surface area contributed by atoms with Crippen molar-refractivity contribution in [3.63, 3.8) is 0 Å². The molecule has 9 heteroatoms. The number of aliphatic carboxylic acids is 1. The number of sulfonamides is 1. The maximum Gasteiger partial charge on any atom is 0.329 e. The van der Waals surface area contributed by atoms with E-state index in [1.54, 1.807) is 0 Å². The third-order valence-electron chi connectivity index (χ3n) is 4.50. The van der Waals surface area contributed by atoms with Crippen LogP contribution < -0.4 is 10.4 Å². The monoisotopic (exact) mass is 353 g/mol. The number of hydrogen-bond acceptors (Lipinski definition) is 4. The lowest BCUT2D eigenvalue weighted by Gasteiger charge is -2.13. The molecule has 1 aromatic carbocycles. The van der Waals surface area contributed by atoms with Gasteiger partial charge in [0.15, 0.2) is 0 Å². The molecule has 0 spiro atoms. The number of nitrogens with one attached hydrogen (secondary N) is 1. The van der Waals surface area contributed by atoms with Gasteiger partial charge in [0.2, 0.25) is 10.0 Å². The topological polar surface area (TPSA) is 110 Å². The van der Waals surface area contributed by atoms with Crippen LogP contribution in [0.5, 0.6) is 0 Å². The molecule has 0 radical (unpaired) electrons. The van der Waals surface area contributed by atoms with E-state index in [1.807, 2.05) is 6.92 Å². The van der Waals surface area contributed by atoms with Crippen LogP contribution >= 0.6 is 0 Å². The largest absolute Gasteiger partial charge is 0.480 e. The molecule has 1 aliphatic rings. The van der Waals surface area contributed by atoms with Gasteiger partial charge in [-0.15, -0.1) is 0 Å². The highest BCUT2D eigenvalue weighted by molar-refractivity contribution is 7.89. The van der Waals surface area contributed by atoms with Gasteiger partial charge in [-0.2, -0.15) is 0 Å². The lowest BCUT2D eigenvalue weighted by molar-refractivity contribution is -0.140. The van der Waals surface area contributed by atoms with Crippen LogP contribution in [0.1, 0.15) is 32.7 Å². The van der Waals surface area contributed by atoms with Crippen molar-refractivity contribution in [1.29, 1.82) is 0 Å². The summed E-state index contributed by atoms with van der Waals surface area (Å²) < 4.78 is 30.1. The van der Waals surface area contributed by atoms with E-state index in [4.69, 9.17) is 0 Å². The predicted octanol–water partition coefficient (Wildman–Crippen LogP) is 0.816. The fourth-order valence-electron chi connectivity index (χ4n) is 2.67. The molecule has 24 heavy (non-hydrogen) atoms. The number of imidazole rings is 1. The van der Waals surface area contributed by atoms with E-state index in [2.05, 4.69) is 4.72 Å². The first-order valence-corrected chi connectivity index (χ1v) is 9.02. The number of rotatable bonds is 5. The van der Waals surface area contributed by atoms with Crippen LogP contribution in [0.25, 0.3) is 11.0 Å². The average Bonchev–Trinajstić information content (AvgIpc) is 3.15. The Bertz CT molecular complexity index is 998. The van der Waals surface area contributed by atoms with Gasteiger partial charge in [0.25, 0.3) is 0 Å². The Morgan fingerprint density at radius 3 is 2.50 bits per heavy atom. The quantitative estimate of drug-likeness (QED) is 0.827. The highest BCUT2D eigenvalue weighted by Gasteiger charge is 2.41. The number of fused-ring (bicyclic) bond motifs is 1. The number of benzene rings is 1. The Hall–Kier alpha value is -2.13. The first kappa shape index (κ1) is 16.7. The Morgan fingerprint density at radius 1 is 1.33 bits per heavy atom. The van der Waals surface area contributed by atoms with Gasteiger partial charge in [0.05, 0.1) is 15.9 Å². The molecule has 0 saturated heterocycles. The zero-order valence-corrected chi connectivity index (χ0v) is 14.4. The summed E-state index contributed by atoms with van der Waals surface area (Å²) in [7, 11) is -2.21. The van der Waals surface area contributed by atoms with Gasteiger partial charge in [-0.1, -0.05) is 0 Å². The Kier molecular flexibility index (Phi) is 3.61. The summed E-state index contributed by atoms with van der Waals surface area (Å²) in [5, 5.41) is 9.22. The van der Waals surface area contributed by atoms with E-state index in [0.717, 1.165) is 17.4 Å². The van der Waals surface area contributed by atoms with Crippen molar-refractivity contribution in [3.8, 4) is 0 Å². The molecule has 1 heterocycles. The summed E-state index contributed by atoms with van der Waals surface area (Å²) in [6.07, 6.45) is 1.56. The summed E-state index contributed by atoms with van der Waals surface area (Å²) in [4.78, 5) is 23.6. The van der Waals surface area contributed by atoms with E-state index in [0.29, 0.717) is 5.52 Å². The van der Waals surface area contributed by atoms with Crippen molar-refractivity contribution in [2.45, 2.75) is 43.2 Å². The van der Waals surface area contributed by atoms with Gasteiger partial charge >= 0.3 is 11.7 Å². The number of aryl methyl sites for hydroxylation is 1. The molecule has 1 aliphatic carbocycles. The zero-order valence-electron chi connectivity index (χ0n) is 13.6. The molecule has 1 fully saturated rings. The highest BCUT2D eigenvalue weighted by Crippen LogP contribution is 2.36. The van der Waals surface area contributed by atoms with Crippen LogP contribution in [-0.4, -0.2) is 34.2 Å². The van der Waals surface area contributed by atoms with Gasteiger partial charge in [-0.25, -0.2) is 22.7 Å². The fourth-order valence-corrected chi connectivity index (χ4v) is 4.16. The highest BCUT2D eigenvalue weighted by atomic mass is 32.2. The first-order chi connectivity index (χ1) is 11.1. The van der Waals surface area contributed by atoms with Crippen molar-refractivity contribution in [2.24, 2.45) is 7.05 Å². The van der Waals surface area contributed by atoms with E-state index >= 15 is 0 Å². The standard InChI is InChI=1S/C15H19N3O5S/c1-9(13(19)20)18-12-8-10(4-5-11(12)17(3)14(18)21)24(22,23)16-15(2)6-7-15/h4-5,8-9,16H,6-7H2,1-3H3,(H,19,20). The molecule has 130 valence electrons. The first-order valence-electron chi connectivity index (χ1n) is 7.53. The zero-order chi connectivity index (χ0) is 17.9. The number of nitrogens with zero attached hydrogens (tertiary/aromatic N) is 2. The van der Waals surface area contributed by atoms with E-state index in [9.17, 15) is 23.1 Å². The number of carboxylic acids is 1. The van der Waals surface area contributed by atoms with E-state index in [1.165, 1.54) is 36.7 Å². The molecular weight excluding hydrogens is 334 g/mol. The normalized spacial score (nSPS) is 17.8. The molecule has 1 saturated carbocycles. The van der Waals surface area contributed by atoms with Crippen molar-refractivity contribution in [2.75, 3.05) is 0 Å². The molecule has 1 atom stereocenters. The van der Waals surface area contributed by atoms with Crippen LogP contribution in [-0.2, 0) is 21.9 Å². The van der Waals surface area contributed by atoms with Gasteiger partial charge < -0.3 is 5.11 Å². The van der Waals surface area contributed by atoms with Crippen LogP contribution in [0.3, 0.4) is 0 Å². The van der Waals surface area contributed by atoms with Gasteiger partial charge in [0.1, 0.15) is 6.04 Å². The Morgan fingerprint density at radius 2 is 1.96 bits per heavy atom. The molecular formula is C15H19N3O5S. The van der Waals surface area contributed by atoms with Crippen LogP contribution in [0.4, 0.5) is 0 Å². The Balaban J connectivity index is 2.19. The molecule has 0 bridgehead atoms. The lowest BCUT2D eigenvalue weighted by Crippen LogP contribution is -2.34. The van der Waals surface area contributed by atoms with Crippen molar-refractivity contribution >= 4 is 27.0 Å². The van der Waals surface area contributed by atoms with Crippen LogP contribution in [0.2, 0.25) is 0 Å². The average molecular weight is 353 g/mol. The molecule has 8 nitrogen and oxygen atoms in total. The summed E-state index contributed by atoms with van der Waals surface area (Å²) in [5.41, 5.74) is -0.166. The second-order valence-corrected chi connectivity index (χ2v) is 8.22. The van der Waals surface area contributed by atoms with E-state index in [-0.39, 0.29) is 10.4 Å². The number of hydrogen-bond donors (Lipinski definition) is 2. The third kappa shape index (κ3) is 2.63. The summed E-state index contributed by atoms with van der Waals surface area (Å²) >= 11 is 0. The minimum atomic E-state index is -3.74. The lowest BCUT2D eigenvalue weighted by atomic mass is 10.3. The van der Waals surface area contributed by atoms with Crippen molar-refractivity contribution in [3.05, 3.63) is 28.7 Å². The molecule has 3 rings (SSSR count). The number of aromatic nitrogens is 2. The minimum Gasteiger partial charge on any atom is -0.480 e. The molecule has 0 amide bonds. The van der Waals surface area contributed by atoms with Crippen molar-refractivity contribution < 1.29 is 18.3 Å². The van der Waals surface area contributed by atoms with Crippen LogP contribution in [0, 0.1) is 0 Å². The molecule has 2 aromatic rings. The SMILES string of the molecule is CC(C(=O)O)n1c(=O)n(C)c2ccc(S(=O)(=O)NC3(C)CC3)cc21. The third-order valence-corrected chi connectivity index (χ3v) is 6.13. The van der Waals surface area contributed by atoms with Gasteiger partial charge in [-0.3, -0.25) is 9.13 Å². The smallest absolute Gasteiger partial charge is 0.329 e. The fraction of sp³-hybridized carbons (Fsp3) is 0.467. The second kappa shape index (κ2) is 5.18. The summed E-state index contributed by atoms with van der Waals surface area (Å²) in [6.45, 7) is 3.21. The molecule has 1 unspecified atom stereocenters. The molecule has 0 aliphatic heterocycles. The minimum absolute atomic E-state index is 0.0139. The predicted molar refractivity (Wildman–Crippen MR) is 87.5 cm³/mol. The van der Waals surface area contributed by atoms with Gasteiger partial charge in [0, 0.05) is 12.6 Å².